The first kappa shape index (κ1) is 21.3. The van der Waals surface area contributed by atoms with Crippen LogP contribution in [0, 0.1) is 6.92 Å². The molecule has 1 aliphatic rings. The van der Waals surface area contributed by atoms with Crippen LogP contribution in [0.5, 0.6) is 0 Å². The fourth-order valence-corrected chi connectivity index (χ4v) is 4.79. The van der Waals surface area contributed by atoms with Gasteiger partial charge in [0.05, 0.1) is 18.5 Å². The number of hydrogen-bond donors (Lipinski definition) is 0. The molecule has 0 N–H and O–H groups in total. The van der Waals surface area contributed by atoms with Gasteiger partial charge in [0.1, 0.15) is 10.5 Å². The summed E-state index contributed by atoms with van der Waals surface area (Å²) in [5.74, 6) is 0.0665. The molecule has 1 aliphatic heterocycles. The number of aryl methyl sites for hydroxylation is 1. The van der Waals surface area contributed by atoms with Crippen LogP contribution < -0.4 is 0 Å². The van der Waals surface area contributed by atoms with Gasteiger partial charge in [0, 0.05) is 42.8 Å². The first-order valence-electron chi connectivity index (χ1n) is 10.9. The Morgan fingerprint density at radius 1 is 0.970 bits per heavy atom. The Bertz CT molecular complexity index is 1290. The number of thiazole rings is 1. The van der Waals surface area contributed by atoms with Gasteiger partial charge in [0.25, 0.3) is 5.91 Å². The van der Waals surface area contributed by atoms with Gasteiger partial charge in [-0.25, -0.2) is 9.67 Å². The standard InChI is InChI=1S/C24H24N6O2S/c1-17-16-33-22(25-17)14-23(31)28-10-12-29(13-11-28)24(32)19-8-6-18(7-9-19)15-30-21-5-3-2-4-20(21)26-27-30/h2-9,16H,10-15H2,1H3. The Balaban J connectivity index is 1.17. The second kappa shape index (κ2) is 9.11. The summed E-state index contributed by atoms with van der Waals surface area (Å²) in [6.07, 6.45) is 0.328. The summed E-state index contributed by atoms with van der Waals surface area (Å²) >= 11 is 1.51. The maximum atomic E-state index is 13.0. The topological polar surface area (TPSA) is 84.2 Å². The van der Waals surface area contributed by atoms with Crippen molar-refractivity contribution in [2.24, 2.45) is 0 Å². The number of piperazine rings is 1. The average Bonchev–Trinajstić information content (AvgIpc) is 3.45. The van der Waals surface area contributed by atoms with Gasteiger partial charge in [-0.05, 0) is 36.8 Å². The zero-order chi connectivity index (χ0) is 22.8. The number of aromatic nitrogens is 4. The SMILES string of the molecule is Cc1csc(CC(=O)N2CCN(C(=O)c3ccc(Cn4nnc5ccccc54)cc3)CC2)n1. The van der Waals surface area contributed by atoms with E-state index in [4.69, 9.17) is 0 Å². The third-order valence-electron chi connectivity index (χ3n) is 5.84. The van der Waals surface area contributed by atoms with E-state index in [2.05, 4.69) is 15.3 Å². The fraction of sp³-hybridized carbons (Fsp3) is 0.292. The number of rotatable bonds is 5. The fourth-order valence-electron chi connectivity index (χ4n) is 4.03. The molecule has 9 heteroatoms. The predicted octanol–water partition coefficient (Wildman–Crippen LogP) is 2.77. The molecule has 8 nitrogen and oxygen atoms in total. The van der Waals surface area contributed by atoms with E-state index in [9.17, 15) is 9.59 Å². The highest BCUT2D eigenvalue weighted by atomic mass is 32.1. The quantitative estimate of drug-likeness (QED) is 0.457. The van der Waals surface area contributed by atoms with Crippen molar-refractivity contribution < 1.29 is 9.59 Å². The molecule has 3 heterocycles. The molecular weight excluding hydrogens is 436 g/mol. The lowest BCUT2D eigenvalue weighted by Gasteiger charge is -2.34. The molecule has 0 spiro atoms. The zero-order valence-electron chi connectivity index (χ0n) is 18.3. The zero-order valence-corrected chi connectivity index (χ0v) is 19.2. The van der Waals surface area contributed by atoms with E-state index in [1.807, 2.05) is 75.3 Å². The molecule has 5 rings (SSSR count). The molecule has 0 aliphatic carbocycles. The minimum Gasteiger partial charge on any atom is -0.339 e. The van der Waals surface area contributed by atoms with Crippen molar-refractivity contribution in [3.8, 4) is 0 Å². The summed E-state index contributed by atoms with van der Waals surface area (Å²) in [7, 11) is 0. The first-order chi connectivity index (χ1) is 16.1. The molecule has 1 fully saturated rings. The van der Waals surface area contributed by atoms with Crippen LogP contribution in [0.1, 0.15) is 26.6 Å². The predicted molar refractivity (Wildman–Crippen MR) is 126 cm³/mol. The summed E-state index contributed by atoms with van der Waals surface area (Å²) in [5.41, 5.74) is 4.49. The summed E-state index contributed by atoms with van der Waals surface area (Å²) in [4.78, 5) is 33.5. The smallest absolute Gasteiger partial charge is 0.253 e. The number of carbonyl (C=O) groups excluding carboxylic acids is 2. The van der Waals surface area contributed by atoms with Crippen LogP contribution in [0.25, 0.3) is 11.0 Å². The van der Waals surface area contributed by atoms with Gasteiger partial charge in [0.15, 0.2) is 0 Å². The van der Waals surface area contributed by atoms with E-state index in [1.54, 1.807) is 0 Å². The van der Waals surface area contributed by atoms with Crippen LogP contribution >= 0.6 is 11.3 Å². The number of amides is 2. The highest BCUT2D eigenvalue weighted by molar-refractivity contribution is 7.09. The molecule has 0 radical (unpaired) electrons. The largest absolute Gasteiger partial charge is 0.339 e. The Morgan fingerprint density at radius 3 is 2.42 bits per heavy atom. The molecule has 0 saturated carbocycles. The third kappa shape index (κ3) is 4.63. The normalized spacial score (nSPS) is 14.1. The summed E-state index contributed by atoms with van der Waals surface area (Å²) in [5, 5.41) is 11.2. The lowest BCUT2D eigenvalue weighted by atomic mass is 10.1. The lowest BCUT2D eigenvalue weighted by Crippen LogP contribution is -2.51. The molecule has 33 heavy (non-hydrogen) atoms. The van der Waals surface area contributed by atoms with Gasteiger partial charge in [0.2, 0.25) is 5.91 Å². The molecule has 168 valence electrons. The molecule has 0 atom stereocenters. The van der Waals surface area contributed by atoms with Crippen LogP contribution in [0.3, 0.4) is 0 Å². The van der Waals surface area contributed by atoms with E-state index in [-0.39, 0.29) is 11.8 Å². The Morgan fingerprint density at radius 2 is 1.70 bits per heavy atom. The number of hydrogen-bond acceptors (Lipinski definition) is 6. The van der Waals surface area contributed by atoms with Gasteiger partial charge < -0.3 is 9.80 Å². The Kier molecular flexibility index (Phi) is 5.87. The Hall–Kier alpha value is -3.59. The number of nitrogens with zero attached hydrogens (tertiary/aromatic N) is 6. The second-order valence-electron chi connectivity index (χ2n) is 8.17. The minimum atomic E-state index is -0.00426. The molecule has 2 amide bonds. The van der Waals surface area contributed by atoms with Crippen molar-refractivity contribution in [3.63, 3.8) is 0 Å². The van der Waals surface area contributed by atoms with Crippen molar-refractivity contribution in [2.45, 2.75) is 19.9 Å². The maximum absolute atomic E-state index is 13.0. The monoisotopic (exact) mass is 460 g/mol. The van der Waals surface area contributed by atoms with Gasteiger partial charge in [-0.15, -0.1) is 16.4 Å². The summed E-state index contributed by atoms with van der Waals surface area (Å²) < 4.78 is 1.86. The van der Waals surface area contributed by atoms with Crippen LogP contribution in [0.2, 0.25) is 0 Å². The van der Waals surface area contributed by atoms with Crippen LogP contribution in [-0.4, -0.2) is 67.8 Å². The molecular formula is C24H24N6O2S. The number of para-hydroxylation sites is 1. The minimum absolute atomic E-state index is 0.00426. The molecule has 2 aromatic carbocycles. The maximum Gasteiger partial charge on any atom is 0.253 e. The van der Waals surface area contributed by atoms with Gasteiger partial charge in [-0.3, -0.25) is 9.59 Å². The third-order valence-corrected chi connectivity index (χ3v) is 6.81. The number of carbonyl (C=O) groups is 2. The highest BCUT2D eigenvalue weighted by Crippen LogP contribution is 2.16. The van der Waals surface area contributed by atoms with E-state index < -0.39 is 0 Å². The molecule has 0 bridgehead atoms. The van der Waals surface area contributed by atoms with E-state index in [0.29, 0.717) is 44.7 Å². The summed E-state index contributed by atoms with van der Waals surface area (Å²) in [6, 6.07) is 15.5. The highest BCUT2D eigenvalue weighted by Gasteiger charge is 2.25. The molecule has 4 aromatic rings. The second-order valence-corrected chi connectivity index (χ2v) is 9.11. The molecule has 1 saturated heterocycles. The van der Waals surface area contributed by atoms with Gasteiger partial charge >= 0.3 is 0 Å². The number of benzene rings is 2. The van der Waals surface area contributed by atoms with Crippen molar-refractivity contribution in [2.75, 3.05) is 26.2 Å². The van der Waals surface area contributed by atoms with E-state index in [1.165, 1.54) is 11.3 Å². The van der Waals surface area contributed by atoms with Gasteiger partial charge in [-0.2, -0.15) is 0 Å². The molecule has 2 aromatic heterocycles. The van der Waals surface area contributed by atoms with Crippen LogP contribution in [0.4, 0.5) is 0 Å². The Labute approximate surface area is 195 Å². The van der Waals surface area contributed by atoms with Crippen molar-refractivity contribution >= 4 is 34.2 Å². The van der Waals surface area contributed by atoms with Crippen molar-refractivity contribution in [1.29, 1.82) is 0 Å². The average molecular weight is 461 g/mol. The van der Waals surface area contributed by atoms with E-state index >= 15 is 0 Å². The number of fused-ring (bicyclic) bond motifs is 1. The summed E-state index contributed by atoms with van der Waals surface area (Å²) in [6.45, 7) is 4.69. The lowest BCUT2D eigenvalue weighted by molar-refractivity contribution is -0.131. The van der Waals surface area contributed by atoms with E-state index in [0.717, 1.165) is 27.3 Å². The van der Waals surface area contributed by atoms with Crippen LogP contribution in [0.15, 0.2) is 53.9 Å². The van der Waals surface area contributed by atoms with Crippen LogP contribution in [-0.2, 0) is 17.8 Å². The molecule has 0 unspecified atom stereocenters. The van der Waals surface area contributed by atoms with Crippen molar-refractivity contribution in [1.82, 2.24) is 29.8 Å². The van der Waals surface area contributed by atoms with Crippen molar-refractivity contribution in [3.05, 3.63) is 75.7 Å². The first-order valence-corrected chi connectivity index (χ1v) is 11.8. The van der Waals surface area contributed by atoms with Gasteiger partial charge in [-0.1, -0.05) is 29.5 Å².